The summed E-state index contributed by atoms with van der Waals surface area (Å²) in [6.07, 6.45) is 1.58. The highest BCUT2D eigenvalue weighted by Gasteiger charge is 2.34. The van der Waals surface area contributed by atoms with E-state index in [1.165, 1.54) is 0 Å². The smallest absolute Gasteiger partial charge is 0.254 e. The van der Waals surface area contributed by atoms with Crippen molar-refractivity contribution >= 4 is 11.8 Å². The fourth-order valence-electron chi connectivity index (χ4n) is 2.93. The third kappa shape index (κ3) is 3.59. The summed E-state index contributed by atoms with van der Waals surface area (Å²) in [5.74, 6) is -0.140. The van der Waals surface area contributed by atoms with Gasteiger partial charge in [-0.2, -0.15) is 0 Å². The predicted octanol–water partition coefficient (Wildman–Crippen LogP) is 2.61. The summed E-state index contributed by atoms with van der Waals surface area (Å²) in [5, 5.41) is 2.94. The van der Waals surface area contributed by atoms with Crippen molar-refractivity contribution in [2.24, 2.45) is 0 Å². The van der Waals surface area contributed by atoms with Gasteiger partial charge in [0.1, 0.15) is 6.04 Å². The van der Waals surface area contributed by atoms with E-state index in [4.69, 9.17) is 0 Å². The number of amides is 2. The molecule has 0 aromatic heterocycles. The van der Waals surface area contributed by atoms with Gasteiger partial charge in [0.25, 0.3) is 5.91 Å². The summed E-state index contributed by atoms with van der Waals surface area (Å²) < 4.78 is 0. The molecule has 0 saturated carbocycles. The Bertz CT molecular complexity index is 670. The highest BCUT2D eigenvalue weighted by Crippen LogP contribution is 2.20. The van der Waals surface area contributed by atoms with Crippen LogP contribution in [-0.4, -0.2) is 29.3 Å². The average Bonchev–Trinajstić information content (AvgIpc) is 3.10. The highest BCUT2D eigenvalue weighted by molar-refractivity contribution is 5.97. The molecular formula is C19H20N2O2. The van der Waals surface area contributed by atoms with Crippen molar-refractivity contribution in [3.05, 3.63) is 71.8 Å². The Morgan fingerprint density at radius 2 is 1.65 bits per heavy atom. The molecular weight excluding hydrogens is 288 g/mol. The van der Waals surface area contributed by atoms with E-state index in [1.54, 1.807) is 17.0 Å². The molecule has 0 spiro atoms. The van der Waals surface area contributed by atoms with Crippen molar-refractivity contribution in [2.45, 2.75) is 25.4 Å². The first-order valence-electron chi connectivity index (χ1n) is 7.93. The fourth-order valence-corrected chi connectivity index (χ4v) is 2.93. The standard InChI is InChI=1S/C19H20N2O2/c22-18(20-14-15-8-3-1-4-9-15)17-12-7-13-21(17)19(23)16-10-5-2-6-11-16/h1-6,8-11,17H,7,12-14H2,(H,20,22). The Balaban J connectivity index is 1.64. The maximum Gasteiger partial charge on any atom is 0.254 e. The Labute approximate surface area is 136 Å². The van der Waals surface area contributed by atoms with Crippen LogP contribution in [0.25, 0.3) is 0 Å². The summed E-state index contributed by atoms with van der Waals surface area (Å²) in [4.78, 5) is 26.7. The lowest BCUT2D eigenvalue weighted by Gasteiger charge is -2.24. The molecule has 1 aliphatic rings. The molecule has 0 bridgehead atoms. The van der Waals surface area contributed by atoms with E-state index >= 15 is 0 Å². The maximum atomic E-state index is 12.6. The van der Waals surface area contributed by atoms with Gasteiger partial charge < -0.3 is 10.2 Å². The molecule has 23 heavy (non-hydrogen) atoms. The number of likely N-dealkylation sites (tertiary alicyclic amines) is 1. The zero-order valence-electron chi connectivity index (χ0n) is 12.9. The number of nitrogens with zero attached hydrogens (tertiary/aromatic N) is 1. The van der Waals surface area contributed by atoms with Gasteiger partial charge >= 0.3 is 0 Å². The van der Waals surface area contributed by atoms with Gasteiger partial charge in [0.2, 0.25) is 5.91 Å². The Hall–Kier alpha value is -2.62. The second-order valence-electron chi connectivity index (χ2n) is 5.73. The van der Waals surface area contributed by atoms with E-state index in [1.807, 2.05) is 48.5 Å². The number of hydrogen-bond acceptors (Lipinski definition) is 2. The SMILES string of the molecule is O=C(NCc1ccccc1)C1CCCN1C(=O)c1ccccc1. The number of carbonyl (C=O) groups excluding carboxylic acids is 2. The van der Waals surface area contributed by atoms with Crippen molar-refractivity contribution in [2.75, 3.05) is 6.54 Å². The van der Waals surface area contributed by atoms with Crippen LogP contribution in [0.3, 0.4) is 0 Å². The van der Waals surface area contributed by atoms with Crippen molar-refractivity contribution in [3.63, 3.8) is 0 Å². The van der Waals surface area contributed by atoms with E-state index in [-0.39, 0.29) is 17.9 Å². The molecule has 3 rings (SSSR count). The summed E-state index contributed by atoms with van der Waals surface area (Å²) in [5.41, 5.74) is 1.69. The van der Waals surface area contributed by atoms with E-state index in [2.05, 4.69) is 5.32 Å². The number of rotatable bonds is 4. The molecule has 2 aromatic rings. The molecule has 4 heteroatoms. The van der Waals surface area contributed by atoms with Crippen molar-refractivity contribution in [1.29, 1.82) is 0 Å². The average molecular weight is 308 g/mol. The van der Waals surface area contributed by atoms with Crippen LogP contribution in [0.1, 0.15) is 28.8 Å². The van der Waals surface area contributed by atoms with Gasteiger partial charge in [0, 0.05) is 18.7 Å². The van der Waals surface area contributed by atoms with Crippen molar-refractivity contribution in [3.8, 4) is 0 Å². The molecule has 0 radical (unpaired) electrons. The second kappa shape index (κ2) is 7.09. The van der Waals surface area contributed by atoms with Crippen LogP contribution in [0.5, 0.6) is 0 Å². The monoisotopic (exact) mass is 308 g/mol. The van der Waals surface area contributed by atoms with E-state index < -0.39 is 0 Å². The van der Waals surface area contributed by atoms with Crippen LogP contribution >= 0.6 is 0 Å². The molecule has 0 aliphatic carbocycles. The minimum atomic E-state index is -0.369. The first kappa shape index (κ1) is 15.3. The van der Waals surface area contributed by atoms with Crippen molar-refractivity contribution < 1.29 is 9.59 Å². The minimum Gasteiger partial charge on any atom is -0.350 e. The maximum absolute atomic E-state index is 12.6. The Morgan fingerprint density at radius 3 is 2.35 bits per heavy atom. The summed E-state index contributed by atoms with van der Waals surface area (Å²) in [7, 11) is 0. The molecule has 1 unspecified atom stereocenters. The molecule has 1 aliphatic heterocycles. The lowest BCUT2D eigenvalue weighted by atomic mass is 10.1. The largest absolute Gasteiger partial charge is 0.350 e. The molecule has 1 atom stereocenters. The molecule has 4 nitrogen and oxygen atoms in total. The molecule has 1 heterocycles. The van der Waals surface area contributed by atoms with Crippen LogP contribution in [0.2, 0.25) is 0 Å². The lowest BCUT2D eigenvalue weighted by Crippen LogP contribution is -2.45. The van der Waals surface area contributed by atoms with Crippen LogP contribution in [0.15, 0.2) is 60.7 Å². The number of carbonyl (C=O) groups is 2. The molecule has 1 N–H and O–H groups in total. The number of nitrogens with one attached hydrogen (secondary N) is 1. The van der Waals surface area contributed by atoms with Gasteiger partial charge in [0.05, 0.1) is 0 Å². The van der Waals surface area contributed by atoms with E-state index in [0.717, 1.165) is 18.4 Å². The predicted molar refractivity (Wildman–Crippen MR) is 88.8 cm³/mol. The van der Waals surface area contributed by atoms with Gasteiger partial charge in [-0.1, -0.05) is 48.5 Å². The normalized spacial score (nSPS) is 17.0. The third-order valence-electron chi connectivity index (χ3n) is 4.15. The first-order valence-corrected chi connectivity index (χ1v) is 7.93. The van der Waals surface area contributed by atoms with Crippen LogP contribution in [-0.2, 0) is 11.3 Å². The summed E-state index contributed by atoms with van der Waals surface area (Å²) >= 11 is 0. The van der Waals surface area contributed by atoms with E-state index in [0.29, 0.717) is 18.7 Å². The zero-order chi connectivity index (χ0) is 16.1. The Morgan fingerprint density at radius 1 is 1.00 bits per heavy atom. The molecule has 2 amide bonds. The highest BCUT2D eigenvalue weighted by atomic mass is 16.2. The number of hydrogen-bond donors (Lipinski definition) is 1. The van der Waals surface area contributed by atoms with Gasteiger partial charge in [-0.15, -0.1) is 0 Å². The zero-order valence-corrected chi connectivity index (χ0v) is 12.9. The van der Waals surface area contributed by atoms with Crippen LogP contribution in [0.4, 0.5) is 0 Å². The van der Waals surface area contributed by atoms with Gasteiger partial charge in [-0.25, -0.2) is 0 Å². The van der Waals surface area contributed by atoms with Crippen LogP contribution in [0, 0.1) is 0 Å². The topological polar surface area (TPSA) is 49.4 Å². The van der Waals surface area contributed by atoms with Crippen LogP contribution < -0.4 is 5.32 Å². The fraction of sp³-hybridized carbons (Fsp3) is 0.263. The van der Waals surface area contributed by atoms with Gasteiger partial charge in [0.15, 0.2) is 0 Å². The van der Waals surface area contributed by atoms with Crippen molar-refractivity contribution in [1.82, 2.24) is 10.2 Å². The molecule has 118 valence electrons. The second-order valence-corrected chi connectivity index (χ2v) is 5.73. The third-order valence-corrected chi connectivity index (χ3v) is 4.15. The number of benzene rings is 2. The molecule has 2 aromatic carbocycles. The van der Waals surface area contributed by atoms with Gasteiger partial charge in [-0.3, -0.25) is 9.59 Å². The first-order chi connectivity index (χ1) is 11.3. The molecule has 1 saturated heterocycles. The Kier molecular flexibility index (Phi) is 4.71. The van der Waals surface area contributed by atoms with E-state index in [9.17, 15) is 9.59 Å². The summed E-state index contributed by atoms with van der Waals surface area (Å²) in [6.45, 7) is 1.13. The quantitative estimate of drug-likeness (QED) is 0.944. The lowest BCUT2D eigenvalue weighted by molar-refractivity contribution is -0.125. The minimum absolute atomic E-state index is 0.0667. The van der Waals surface area contributed by atoms with Gasteiger partial charge in [-0.05, 0) is 30.5 Å². The summed E-state index contributed by atoms with van der Waals surface area (Å²) in [6, 6.07) is 18.6. The molecule has 1 fully saturated rings.